The van der Waals surface area contributed by atoms with Gasteiger partial charge in [0.1, 0.15) is 0 Å². The Morgan fingerprint density at radius 2 is 1.62 bits per heavy atom. The van der Waals surface area contributed by atoms with Gasteiger partial charge in [0.25, 0.3) is 0 Å². The Morgan fingerprint density at radius 1 is 1.08 bits per heavy atom. The first-order chi connectivity index (χ1) is 5.95. The molecule has 0 aliphatic carbocycles. The van der Waals surface area contributed by atoms with E-state index in [-0.39, 0.29) is 0 Å². The Hall–Kier alpha value is 1.41. The van der Waals surface area contributed by atoms with Crippen LogP contribution in [-0.4, -0.2) is 0 Å². The van der Waals surface area contributed by atoms with E-state index < -0.39 is 0 Å². The molecular formula is C10H11I3. The zero-order valence-electron chi connectivity index (χ0n) is 7.79. The van der Waals surface area contributed by atoms with Gasteiger partial charge in [-0.2, -0.15) is 0 Å². The molecule has 0 aromatic heterocycles. The van der Waals surface area contributed by atoms with Gasteiger partial charge in [-0.1, -0.05) is 13.8 Å². The van der Waals surface area contributed by atoms with Gasteiger partial charge in [0.15, 0.2) is 0 Å². The molecule has 0 bridgehead atoms. The minimum atomic E-state index is 0.620. The van der Waals surface area contributed by atoms with Crippen LogP contribution in [-0.2, 0) is 0 Å². The summed E-state index contributed by atoms with van der Waals surface area (Å²) in [5, 5.41) is 0. The Morgan fingerprint density at radius 3 is 2.08 bits per heavy atom. The summed E-state index contributed by atoms with van der Waals surface area (Å²) in [6, 6.07) is 2.31. The molecule has 1 aromatic carbocycles. The normalized spacial score (nSPS) is 11.0. The summed E-state index contributed by atoms with van der Waals surface area (Å²) in [4.78, 5) is 0. The average Bonchev–Trinajstić information content (AvgIpc) is 2.07. The fourth-order valence-electron chi connectivity index (χ4n) is 1.12. The molecule has 0 fully saturated rings. The summed E-state index contributed by atoms with van der Waals surface area (Å²) >= 11 is 7.31. The molecule has 0 unspecified atom stereocenters. The van der Waals surface area contributed by atoms with Crippen LogP contribution in [0.2, 0.25) is 0 Å². The van der Waals surface area contributed by atoms with E-state index in [0.717, 1.165) is 0 Å². The molecule has 0 nitrogen and oxygen atoms in total. The summed E-state index contributed by atoms with van der Waals surface area (Å²) in [6.45, 7) is 6.69. The van der Waals surface area contributed by atoms with Crippen molar-refractivity contribution in [3.05, 3.63) is 27.9 Å². The van der Waals surface area contributed by atoms with Crippen LogP contribution in [0.25, 0.3) is 0 Å². The van der Waals surface area contributed by atoms with E-state index >= 15 is 0 Å². The van der Waals surface area contributed by atoms with Crippen LogP contribution >= 0.6 is 67.8 Å². The van der Waals surface area contributed by atoms with Crippen molar-refractivity contribution in [2.75, 3.05) is 0 Å². The highest BCUT2D eigenvalue weighted by Gasteiger charge is 2.12. The third kappa shape index (κ3) is 2.70. The van der Waals surface area contributed by atoms with Crippen molar-refractivity contribution in [1.82, 2.24) is 0 Å². The fraction of sp³-hybridized carbons (Fsp3) is 0.400. The van der Waals surface area contributed by atoms with E-state index in [1.807, 2.05) is 0 Å². The van der Waals surface area contributed by atoms with E-state index in [9.17, 15) is 0 Å². The second kappa shape index (κ2) is 4.96. The van der Waals surface area contributed by atoms with Gasteiger partial charge < -0.3 is 0 Å². The molecule has 0 N–H and O–H groups in total. The molecule has 72 valence electrons. The average molecular weight is 512 g/mol. The standard InChI is InChI=1S/C10H11I3/c1-5(2)7-4-8(11)6(3)9(12)10(7)13/h4-5H,1-3H3. The summed E-state index contributed by atoms with van der Waals surface area (Å²) in [7, 11) is 0. The summed E-state index contributed by atoms with van der Waals surface area (Å²) in [6.07, 6.45) is 0. The lowest BCUT2D eigenvalue weighted by atomic mass is 10.0. The van der Waals surface area contributed by atoms with Gasteiger partial charge in [-0.15, -0.1) is 0 Å². The Kier molecular flexibility index (Phi) is 4.76. The molecule has 0 heterocycles. The smallest absolute Gasteiger partial charge is 0.0306 e. The maximum atomic E-state index is 2.45. The highest BCUT2D eigenvalue weighted by atomic mass is 127. The molecule has 0 saturated heterocycles. The van der Waals surface area contributed by atoms with Crippen molar-refractivity contribution in [3.63, 3.8) is 0 Å². The number of hydrogen-bond donors (Lipinski definition) is 0. The van der Waals surface area contributed by atoms with Crippen molar-refractivity contribution in [2.24, 2.45) is 0 Å². The van der Waals surface area contributed by atoms with Gasteiger partial charge in [-0.3, -0.25) is 0 Å². The molecule has 0 atom stereocenters. The van der Waals surface area contributed by atoms with Crippen molar-refractivity contribution < 1.29 is 0 Å². The fourth-order valence-corrected chi connectivity index (χ4v) is 4.03. The monoisotopic (exact) mass is 512 g/mol. The molecule has 1 rings (SSSR count). The lowest BCUT2D eigenvalue weighted by molar-refractivity contribution is 0.856. The van der Waals surface area contributed by atoms with E-state index in [1.165, 1.54) is 21.8 Å². The van der Waals surface area contributed by atoms with Gasteiger partial charge in [0, 0.05) is 10.7 Å². The molecular weight excluding hydrogens is 501 g/mol. The van der Waals surface area contributed by atoms with E-state index in [4.69, 9.17) is 0 Å². The van der Waals surface area contributed by atoms with E-state index in [0.29, 0.717) is 5.92 Å². The number of hydrogen-bond acceptors (Lipinski definition) is 0. The van der Waals surface area contributed by atoms with Crippen LogP contribution in [0.3, 0.4) is 0 Å². The third-order valence-corrected chi connectivity index (χ3v) is 6.70. The van der Waals surface area contributed by atoms with Gasteiger partial charge in [-0.25, -0.2) is 0 Å². The Bertz CT molecular complexity index is 329. The van der Waals surface area contributed by atoms with Crippen LogP contribution in [0.15, 0.2) is 6.07 Å². The lowest BCUT2D eigenvalue weighted by Crippen LogP contribution is -1.99. The quantitative estimate of drug-likeness (QED) is 0.370. The molecule has 0 saturated carbocycles. The SMILES string of the molecule is Cc1c(I)cc(C(C)C)c(I)c1I. The summed E-state index contributed by atoms with van der Waals surface area (Å²) in [5.41, 5.74) is 2.88. The lowest BCUT2D eigenvalue weighted by Gasteiger charge is -2.13. The largest absolute Gasteiger partial charge is 0.0586 e. The minimum absolute atomic E-state index is 0.620. The molecule has 1 aromatic rings. The number of rotatable bonds is 1. The van der Waals surface area contributed by atoms with Crippen LogP contribution in [0.4, 0.5) is 0 Å². The van der Waals surface area contributed by atoms with Crippen LogP contribution in [0.5, 0.6) is 0 Å². The predicted octanol–water partition coefficient (Wildman–Crippen LogP) is 4.93. The summed E-state index contributed by atoms with van der Waals surface area (Å²) < 4.78 is 4.21. The van der Waals surface area contributed by atoms with Crippen molar-refractivity contribution in [3.8, 4) is 0 Å². The topological polar surface area (TPSA) is 0 Å². The summed E-state index contributed by atoms with van der Waals surface area (Å²) in [5.74, 6) is 0.620. The molecule has 0 spiro atoms. The van der Waals surface area contributed by atoms with Crippen molar-refractivity contribution in [2.45, 2.75) is 26.7 Å². The van der Waals surface area contributed by atoms with Gasteiger partial charge >= 0.3 is 0 Å². The first-order valence-electron chi connectivity index (χ1n) is 4.09. The molecule has 0 amide bonds. The van der Waals surface area contributed by atoms with Gasteiger partial charge in [0.2, 0.25) is 0 Å². The van der Waals surface area contributed by atoms with E-state index in [1.54, 1.807) is 0 Å². The van der Waals surface area contributed by atoms with Crippen molar-refractivity contribution >= 4 is 67.8 Å². The maximum Gasteiger partial charge on any atom is 0.0306 e. The van der Waals surface area contributed by atoms with E-state index in [2.05, 4.69) is 94.6 Å². The molecule has 3 heteroatoms. The zero-order valence-corrected chi connectivity index (χ0v) is 14.3. The van der Waals surface area contributed by atoms with Crippen LogP contribution < -0.4 is 0 Å². The molecule has 0 aliphatic heterocycles. The molecule has 13 heavy (non-hydrogen) atoms. The highest BCUT2D eigenvalue weighted by Crippen LogP contribution is 2.30. The second-order valence-electron chi connectivity index (χ2n) is 3.36. The third-order valence-electron chi connectivity index (χ3n) is 2.04. The van der Waals surface area contributed by atoms with Crippen LogP contribution in [0.1, 0.15) is 30.9 Å². The van der Waals surface area contributed by atoms with Crippen molar-refractivity contribution in [1.29, 1.82) is 0 Å². The number of halogens is 3. The van der Waals surface area contributed by atoms with Gasteiger partial charge in [-0.05, 0) is 97.8 Å². The maximum absolute atomic E-state index is 2.45. The minimum Gasteiger partial charge on any atom is -0.0586 e. The predicted molar refractivity (Wildman–Crippen MR) is 83.4 cm³/mol. The molecule has 0 aliphatic rings. The Labute approximate surface area is 121 Å². The Balaban J connectivity index is 3.41. The number of benzene rings is 1. The zero-order chi connectivity index (χ0) is 10.2. The molecule has 0 radical (unpaired) electrons. The second-order valence-corrected chi connectivity index (χ2v) is 6.67. The van der Waals surface area contributed by atoms with Gasteiger partial charge in [0.05, 0.1) is 0 Å². The van der Waals surface area contributed by atoms with Crippen LogP contribution in [0, 0.1) is 17.6 Å². The highest BCUT2D eigenvalue weighted by molar-refractivity contribution is 14.1. The first kappa shape index (κ1) is 12.5. The first-order valence-corrected chi connectivity index (χ1v) is 7.32.